The molecular weight excluding hydrogens is 414 g/mol. The van der Waals surface area contributed by atoms with Gasteiger partial charge in [-0.2, -0.15) is 4.31 Å². The average Bonchev–Trinajstić information content (AvgIpc) is 3.19. The minimum absolute atomic E-state index is 0.0776. The molecule has 2 saturated heterocycles. The number of carbonyl (C=O) groups excluding carboxylic acids is 1. The van der Waals surface area contributed by atoms with Gasteiger partial charge in [0.1, 0.15) is 17.6 Å². The molecule has 1 aromatic carbocycles. The molecule has 0 bridgehead atoms. The lowest BCUT2D eigenvalue weighted by Crippen LogP contribution is -2.60. The number of piperidine rings is 1. The van der Waals surface area contributed by atoms with E-state index in [1.165, 1.54) is 4.31 Å². The fourth-order valence-corrected chi connectivity index (χ4v) is 6.32. The van der Waals surface area contributed by atoms with Crippen molar-refractivity contribution < 1.29 is 17.6 Å². The van der Waals surface area contributed by atoms with Gasteiger partial charge in [0.25, 0.3) is 0 Å². The fourth-order valence-electron chi connectivity index (χ4n) is 4.67. The molecule has 0 radical (unpaired) electrons. The summed E-state index contributed by atoms with van der Waals surface area (Å²) in [7, 11) is -3.78. The van der Waals surface area contributed by atoms with Gasteiger partial charge in [-0.05, 0) is 70.0 Å². The van der Waals surface area contributed by atoms with Crippen LogP contribution in [0.1, 0.15) is 38.9 Å². The van der Waals surface area contributed by atoms with Crippen molar-refractivity contribution in [1.82, 2.24) is 14.5 Å². The summed E-state index contributed by atoms with van der Waals surface area (Å²) in [6.07, 6.45) is 2.19. The first-order chi connectivity index (χ1) is 14.8. The van der Waals surface area contributed by atoms with Crippen LogP contribution in [-0.4, -0.2) is 61.3 Å². The second kappa shape index (κ2) is 8.76. The third-order valence-corrected chi connectivity index (χ3v) is 8.02. The van der Waals surface area contributed by atoms with Crippen molar-refractivity contribution in [2.75, 3.05) is 19.6 Å². The molecule has 1 N–H and O–H groups in total. The third-order valence-electron chi connectivity index (χ3n) is 6.09. The predicted octanol–water partition coefficient (Wildman–Crippen LogP) is 3.01. The smallest absolute Gasteiger partial charge is 0.243 e. The van der Waals surface area contributed by atoms with Crippen LogP contribution in [0.15, 0.2) is 45.7 Å². The van der Waals surface area contributed by atoms with E-state index in [0.29, 0.717) is 31.8 Å². The highest BCUT2D eigenvalue weighted by Crippen LogP contribution is 2.29. The van der Waals surface area contributed by atoms with Gasteiger partial charge in [0.15, 0.2) is 0 Å². The Morgan fingerprint density at radius 2 is 1.71 bits per heavy atom. The van der Waals surface area contributed by atoms with Gasteiger partial charge in [-0.1, -0.05) is 6.42 Å². The first-order valence-electron chi connectivity index (χ1n) is 11.0. The normalized spacial score (nSPS) is 25.5. The number of hydrogen-bond donors (Lipinski definition) is 1. The van der Waals surface area contributed by atoms with Gasteiger partial charge in [0.05, 0.1) is 4.90 Å². The number of carbonyl (C=O) groups is 1. The number of piperazine rings is 1. The monoisotopic (exact) mass is 445 g/mol. The topological polar surface area (TPSA) is 82.9 Å². The van der Waals surface area contributed by atoms with Crippen LogP contribution in [0.3, 0.4) is 0 Å². The molecule has 1 amide bonds. The lowest BCUT2D eigenvalue weighted by molar-refractivity contribution is -0.138. The van der Waals surface area contributed by atoms with Crippen LogP contribution in [0.25, 0.3) is 11.3 Å². The largest absolute Gasteiger partial charge is 0.461 e. The molecule has 2 aliphatic heterocycles. The Morgan fingerprint density at radius 3 is 2.32 bits per heavy atom. The number of amides is 1. The molecule has 2 fully saturated rings. The van der Waals surface area contributed by atoms with Crippen molar-refractivity contribution >= 4 is 15.9 Å². The number of furan rings is 1. The molecule has 3 atom stereocenters. The van der Waals surface area contributed by atoms with Gasteiger partial charge >= 0.3 is 0 Å². The molecule has 7 nitrogen and oxygen atoms in total. The molecule has 31 heavy (non-hydrogen) atoms. The Labute approximate surface area is 184 Å². The van der Waals surface area contributed by atoms with E-state index < -0.39 is 16.1 Å². The van der Waals surface area contributed by atoms with Gasteiger partial charge in [-0.3, -0.25) is 4.79 Å². The maximum absolute atomic E-state index is 13.5. The zero-order valence-electron chi connectivity index (χ0n) is 18.4. The number of nitrogens with zero attached hydrogens (tertiary/aromatic N) is 2. The number of nitrogens with one attached hydrogen (secondary N) is 1. The predicted molar refractivity (Wildman–Crippen MR) is 119 cm³/mol. The van der Waals surface area contributed by atoms with E-state index in [-0.39, 0.29) is 22.9 Å². The molecule has 0 unspecified atom stereocenters. The first kappa shape index (κ1) is 22.0. The lowest BCUT2D eigenvalue weighted by Gasteiger charge is -2.41. The van der Waals surface area contributed by atoms with Gasteiger partial charge in [-0.25, -0.2) is 8.42 Å². The number of rotatable bonds is 4. The molecule has 8 heteroatoms. The number of hydrogen-bond acceptors (Lipinski definition) is 5. The van der Waals surface area contributed by atoms with E-state index in [1.54, 1.807) is 24.3 Å². The van der Waals surface area contributed by atoms with Crippen LogP contribution in [0, 0.1) is 6.92 Å². The van der Waals surface area contributed by atoms with Gasteiger partial charge in [0, 0.05) is 37.3 Å². The third kappa shape index (κ3) is 4.56. The summed E-state index contributed by atoms with van der Waals surface area (Å²) >= 11 is 0. The second-order valence-corrected chi connectivity index (χ2v) is 10.7. The molecule has 168 valence electrons. The van der Waals surface area contributed by atoms with Crippen LogP contribution in [0.2, 0.25) is 0 Å². The summed E-state index contributed by atoms with van der Waals surface area (Å²) in [5.74, 6) is 1.43. The maximum Gasteiger partial charge on any atom is 0.243 e. The molecule has 2 aliphatic rings. The zero-order valence-corrected chi connectivity index (χ0v) is 19.2. The SMILES string of the molecule is Cc1ccc(-c2ccc(S(=O)(=O)N3CCCC[C@H]3C(=O)N3C[C@@H](C)N[C@@H](C)C3)cc2)o1. The first-order valence-corrected chi connectivity index (χ1v) is 12.4. The van der Waals surface area contributed by atoms with Gasteiger partial charge in [0.2, 0.25) is 15.9 Å². The van der Waals surface area contributed by atoms with Crippen LogP contribution in [0.4, 0.5) is 0 Å². The lowest BCUT2D eigenvalue weighted by atomic mass is 10.0. The summed E-state index contributed by atoms with van der Waals surface area (Å²) in [6.45, 7) is 7.54. The van der Waals surface area contributed by atoms with Gasteiger partial charge in [-0.15, -0.1) is 0 Å². The van der Waals surface area contributed by atoms with Crippen LogP contribution in [0.5, 0.6) is 0 Å². The molecule has 0 aliphatic carbocycles. The molecule has 1 aromatic heterocycles. The second-order valence-electron chi connectivity index (χ2n) is 8.77. The number of aryl methyl sites for hydroxylation is 1. The van der Waals surface area contributed by atoms with Crippen molar-refractivity contribution in [2.24, 2.45) is 0 Å². The molecule has 3 heterocycles. The molecular formula is C23H31N3O4S. The van der Waals surface area contributed by atoms with Crippen LogP contribution >= 0.6 is 0 Å². The molecule has 0 saturated carbocycles. The van der Waals surface area contributed by atoms with Crippen molar-refractivity contribution in [2.45, 2.75) is 63.1 Å². The minimum atomic E-state index is -3.78. The fraction of sp³-hybridized carbons (Fsp3) is 0.522. The van der Waals surface area contributed by atoms with Crippen molar-refractivity contribution in [3.05, 3.63) is 42.2 Å². The highest BCUT2D eigenvalue weighted by atomic mass is 32.2. The minimum Gasteiger partial charge on any atom is -0.461 e. The Bertz CT molecular complexity index is 1020. The summed E-state index contributed by atoms with van der Waals surface area (Å²) in [5, 5.41) is 3.42. The van der Waals surface area contributed by atoms with E-state index in [4.69, 9.17) is 4.42 Å². The van der Waals surface area contributed by atoms with Crippen molar-refractivity contribution in [3.63, 3.8) is 0 Å². The zero-order chi connectivity index (χ0) is 22.2. The van der Waals surface area contributed by atoms with Crippen molar-refractivity contribution in [1.29, 1.82) is 0 Å². The summed E-state index contributed by atoms with van der Waals surface area (Å²) in [5.41, 5.74) is 0.821. The Morgan fingerprint density at radius 1 is 1.03 bits per heavy atom. The highest BCUT2D eigenvalue weighted by Gasteiger charge is 2.40. The van der Waals surface area contributed by atoms with E-state index in [0.717, 1.165) is 24.2 Å². The summed E-state index contributed by atoms with van der Waals surface area (Å²) < 4.78 is 34.0. The van der Waals surface area contributed by atoms with Crippen LogP contribution < -0.4 is 5.32 Å². The van der Waals surface area contributed by atoms with E-state index in [9.17, 15) is 13.2 Å². The van der Waals surface area contributed by atoms with E-state index in [1.807, 2.05) is 37.8 Å². The summed E-state index contributed by atoms with van der Waals surface area (Å²) in [4.78, 5) is 15.4. The van der Waals surface area contributed by atoms with Gasteiger partial charge < -0.3 is 14.6 Å². The van der Waals surface area contributed by atoms with E-state index in [2.05, 4.69) is 5.32 Å². The molecule has 2 aromatic rings. The number of sulfonamides is 1. The molecule has 4 rings (SSSR count). The average molecular weight is 446 g/mol. The number of benzene rings is 1. The Balaban J connectivity index is 1.57. The maximum atomic E-state index is 13.5. The van der Waals surface area contributed by atoms with Crippen molar-refractivity contribution in [3.8, 4) is 11.3 Å². The summed E-state index contributed by atoms with van der Waals surface area (Å²) in [6, 6.07) is 10.2. The standard InChI is InChI=1S/C23H31N3O4S/c1-16-14-25(15-17(2)24-16)23(27)21-6-4-5-13-26(21)31(28,29)20-10-8-19(9-11-20)22-12-7-18(3)30-22/h7-12,16-17,21,24H,4-6,13-15H2,1-3H3/t16-,17+,21-/m0/s1. The van der Waals surface area contributed by atoms with E-state index >= 15 is 0 Å². The Kier molecular flexibility index (Phi) is 6.23. The highest BCUT2D eigenvalue weighted by molar-refractivity contribution is 7.89. The Hall–Kier alpha value is -2.16. The van der Waals surface area contributed by atoms with Crippen LogP contribution in [-0.2, 0) is 14.8 Å². The molecule has 0 spiro atoms. The quantitative estimate of drug-likeness (QED) is 0.782.